The minimum atomic E-state index is -0.180. The van der Waals surface area contributed by atoms with Gasteiger partial charge in [-0.05, 0) is 77.2 Å². The van der Waals surface area contributed by atoms with E-state index in [9.17, 15) is 15.0 Å². The molecule has 1 aliphatic carbocycles. The molecule has 0 bridgehead atoms. The average molecular weight is 474 g/mol. The quantitative estimate of drug-likeness (QED) is 0.313. The molecule has 1 amide bonds. The summed E-state index contributed by atoms with van der Waals surface area (Å²) in [5.74, 6) is 0.585. The Kier molecular flexibility index (Phi) is 5.34. The fourth-order valence-corrected chi connectivity index (χ4v) is 4.75. The molecule has 1 aliphatic rings. The standard InChI is InChI=1S/C30H23N3O3/c34-23-10-7-20(8-11-23)28-30(31-26-14-9-22-17-24(35)12-13-25(22)29(26)33-28)32-27(36)16-18-5-6-19-3-1-2-4-21(19)15-18/h1-8,10-13,15,17,34-35H,9,14,16H2,(H,31,32,36). The van der Waals surface area contributed by atoms with Crippen LogP contribution in [0.3, 0.4) is 0 Å². The molecule has 0 fully saturated rings. The minimum absolute atomic E-state index is 0.146. The van der Waals surface area contributed by atoms with Crippen LogP contribution in [-0.4, -0.2) is 26.1 Å². The first-order valence-electron chi connectivity index (χ1n) is 11.8. The maximum atomic E-state index is 13.1. The van der Waals surface area contributed by atoms with Crippen LogP contribution in [0.15, 0.2) is 84.9 Å². The highest BCUT2D eigenvalue weighted by molar-refractivity contribution is 5.96. The molecule has 1 heterocycles. The average Bonchev–Trinajstić information content (AvgIpc) is 2.88. The molecular weight excluding hydrogens is 450 g/mol. The lowest BCUT2D eigenvalue weighted by Crippen LogP contribution is -2.18. The highest BCUT2D eigenvalue weighted by Crippen LogP contribution is 2.37. The molecule has 5 aromatic rings. The third kappa shape index (κ3) is 4.14. The van der Waals surface area contributed by atoms with Crippen LogP contribution in [0.5, 0.6) is 11.5 Å². The number of amides is 1. The number of rotatable bonds is 4. The van der Waals surface area contributed by atoms with Crippen LogP contribution in [0.1, 0.15) is 16.8 Å². The molecule has 0 saturated carbocycles. The van der Waals surface area contributed by atoms with Gasteiger partial charge >= 0.3 is 0 Å². The largest absolute Gasteiger partial charge is 0.508 e. The van der Waals surface area contributed by atoms with Crippen molar-refractivity contribution >= 4 is 22.5 Å². The molecule has 0 spiro atoms. The van der Waals surface area contributed by atoms with E-state index in [1.807, 2.05) is 48.5 Å². The first-order valence-corrected chi connectivity index (χ1v) is 11.8. The molecule has 0 unspecified atom stereocenters. The Balaban J connectivity index is 1.37. The van der Waals surface area contributed by atoms with Crippen LogP contribution < -0.4 is 5.32 Å². The molecule has 1 aromatic heterocycles. The molecule has 4 aromatic carbocycles. The zero-order valence-electron chi connectivity index (χ0n) is 19.4. The fourth-order valence-electron chi connectivity index (χ4n) is 4.75. The van der Waals surface area contributed by atoms with E-state index in [1.54, 1.807) is 36.4 Å². The van der Waals surface area contributed by atoms with Crippen LogP contribution in [0.25, 0.3) is 33.3 Å². The number of fused-ring (bicyclic) bond motifs is 4. The summed E-state index contributed by atoms with van der Waals surface area (Å²) in [4.78, 5) is 22.9. The summed E-state index contributed by atoms with van der Waals surface area (Å²) < 4.78 is 0. The zero-order chi connectivity index (χ0) is 24.6. The van der Waals surface area contributed by atoms with Crippen LogP contribution in [0.2, 0.25) is 0 Å². The molecule has 0 radical (unpaired) electrons. The number of hydrogen-bond donors (Lipinski definition) is 3. The fraction of sp³-hybridized carbons (Fsp3) is 0.100. The summed E-state index contributed by atoms with van der Waals surface area (Å²) in [6, 6.07) is 26.0. The van der Waals surface area contributed by atoms with Crippen molar-refractivity contribution in [2.45, 2.75) is 19.3 Å². The van der Waals surface area contributed by atoms with Crippen LogP contribution >= 0.6 is 0 Å². The van der Waals surface area contributed by atoms with Crippen molar-refractivity contribution in [1.29, 1.82) is 0 Å². The molecule has 6 rings (SSSR count). The van der Waals surface area contributed by atoms with E-state index in [0.29, 0.717) is 17.9 Å². The Morgan fingerprint density at radius 1 is 0.778 bits per heavy atom. The number of aromatic hydroxyl groups is 2. The number of carbonyl (C=O) groups excluding carboxylic acids is 1. The number of aryl methyl sites for hydroxylation is 2. The van der Waals surface area contributed by atoms with Gasteiger partial charge in [0.05, 0.1) is 17.8 Å². The van der Waals surface area contributed by atoms with E-state index in [4.69, 9.17) is 9.97 Å². The lowest BCUT2D eigenvalue weighted by atomic mass is 9.91. The predicted molar refractivity (Wildman–Crippen MR) is 140 cm³/mol. The summed E-state index contributed by atoms with van der Waals surface area (Å²) in [5.41, 5.74) is 5.66. The van der Waals surface area contributed by atoms with Gasteiger partial charge in [0.15, 0.2) is 5.82 Å². The molecule has 0 saturated heterocycles. The van der Waals surface area contributed by atoms with Gasteiger partial charge in [-0.1, -0.05) is 42.5 Å². The molecular formula is C30H23N3O3. The van der Waals surface area contributed by atoms with E-state index < -0.39 is 0 Å². The van der Waals surface area contributed by atoms with Crippen molar-refractivity contribution in [2.24, 2.45) is 0 Å². The number of phenols is 2. The Morgan fingerprint density at radius 2 is 1.56 bits per heavy atom. The van der Waals surface area contributed by atoms with Gasteiger partial charge in [-0.15, -0.1) is 0 Å². The zero-order valence-corrected chi connectivity index (χ0v) is 19.4. The van der Waals surface area contributed by atoms with Gasteiger partial charge in [-0.2, -0.15) is 0 Å². The molecule has 176 valence electrons. The number of nitrogens with zero attached hydrogens (tertiary/aromatic N) is 2. The topological polar surface area (TPSA) is 95.3 Å². The number of benzene rings is 4. The third-order valence-corrected chi connectivity index (χ3v) is 6.52. The van der Waals surface area contributed by atoms with Crippen LogP contribution in [0, 0.1) is 0 Å². The van der Waals surface area contributed by atoms with Crippen molar-refractivity contribution < 1.29 is 15.0 Å². The van der Waals surface area contributed by atoms with Crippen molar-refractivity contribution in [2.75, 3.05) is 5.32 Å². The summed E-state index contributed by atoms with van der Waals surface area (Å²) in [6.07, 6.45) is 1.59. The van der Waals surface area contributed by atoms with E-state index in [0.717, 1.165) is 50.8 Å². The highest BCUT2D eigenvalue weighted by atomic mass is 16.3. The van der Waals surface area contributed by atoms with Crippen molar-refractivity contribution in [3.8, 4) is 34.0 Å². The number of anilines is 1. The maximum Gasteiger partial charge on any atom is 0.230 e. The maximum absolute atomic E-state index is 13.1. The SMILES string of the molecule is O=C(Cc1ccc2ccccc2c1)Nc1nc2c(nc1-c1ccc(O)cc1)-c1ccc(O)cc1CC2. The predicted octanol–water partition coefficient (Wildman–Crippen LogP) is 5.65. The van der Waals surface area contributed by atoms with Crippen molar-refractivity contribution in [1.82, 2.24) is 9.97 Å². The monoisotopic (exact) mass is 473 g/mol. The third-order valence-electron chi connectivity index (χ3n) is 6.52. The second-order valence-corrected chi connectivity index (χ2v) is 9.01. The molecule has 0 atom stereocenters. The first kappa shape index (κ1) is 21.8. The van der Waals surface area contributed by atoms with E-state index >= 15 is 0 Å². The molecule has 6 heteroatoms. The van der Waals surface area contributed by atoms with Crippen LogP contribution in [-0.2, 0) is 24.1 Å². The lowest BCUT2D eigenvalue weighted by Gasteiger charge is -2.21. The molecule has 3 N–H and O–H groups in total. The second kappa shape index (κ2) is 8.82. The van der Waals surface area contributed by atoms with Crippen molar-refractivity contribution in [3.05, 3.63) is 102 Å². The lowest BCUT2D eigenvalue weighted by molar-refractivity contribution is -0.115. The summed E-state index contributed by atoms with van der Waals surface area (Å²) in [5, 5.41) is 24.9. The molecule has 0 aliphatic heterocycles. The van der Waals surface area contributed by atoms with E-state index in [1.165, 1.54) is 0 Å². The summed E-state index contributed by atoms with van der Waals surface area (Å²) in [6.45, 7) is 0. The van der Waals surface area contributed by atoms with Gasteiger partial charge in [0.25, 0.3) is 0 Å². The van der Waals surface area contributed by atoms with Crippen LogP contribution in [0.4, 0.5) is 5.82 Å². The van der Waals surface area contributed by atoms with Gasteiger partial charge in [0, 0.05) is 11.1 Å². The smallest absolute Gasteiger partial charge is 0.230 e. The Labute approximate surface area is 207 Å². The minimum Gasteiger partial charge on any atom is -0.508 e. The van der Waals surface area contributed by atoms with Gasteiger partial charge in [-0.25, -0.2) is 9.97 Å². The normalized spacial score (nSPS) is 12.1. The van der Waals surface area contributed by atoms with E-state index in [2.05, 4.69) is 5.32 Å². The van der Waals surface area contributed by atoms with E-state index in [-0.39, 0.29) is 23.8 Å². The summed E-state index contributed by atoms with van der Waals surface area (Å²) in [7, 11) is 0. The van der Waals surface area contributed by atoms with Gasteiger partial charge in [0.1, 0.15) is 17.2 Å². The first-order chi connectivity index (χ1) is 17.5. The van der Waals surface area contributed by atoms with Crippen molar-refractivity contribution in [3.63, 3.8) is 0 Å². The number of phenolic OH excluding ortho intramolecular Hbond substituents is 2. The Morgan fingerprint density at radius 3 is 2.39 bits per heavy atom. The number of hydrogen-bond acceptors (Lipinski definition) is 5. The molecule has 6 nitrogen and oxygen atoms in total. The number of nitrogens with one attached hydrogen (secondary N) is 1. The highest BCUT2D eigenvalue weighted by Gasteiger charge is 2.23. The molecule has 36 heavy (non-hydrogen) atoms. The second-order valence-electron chi connectivity index (χ2n) is 9.01. The van der Waals surface area contributed by atoms with Gasteiger partial charge in [-0.3, -0.25) is 4.79 Å². The Bertz CT molecular complexity index is 1630. The summed E-state index contributed by atoms with van der Waals surface area (Å²) >= 11 is 0. The number of carbonyl (C=O) groups is 1. The Hall–Kier alpha value is -4.71. The number of aromatic nitrogens is 2. The van der Waals surface area contributed by atoms with Gasteiger partial charge in [0.2, 0.25) is 5.91 Å². The van der Waals surface area contributed by atoms with Gasteiger partial charge < -0.3 is 15.5 Å².